The Bertz CT molecular complexity index is 1560. The number of anilines is 3. The zero-order valence-electron chi connectivity index (χ0n) is 18.7. The van der Waals surface area contributed by atoms with Gasteiger partial charge in [-0.15, -0.1) is 10.2 Å². The first-order valence-electron chi connectivity index (χ1n) is 10.3. The van der Waals surface area contributed by atoms with Crippen LogP contribution in [0.4, 0.5) is 29.7 Å². The summed E-state index contributed by atoms with van der Waals surface area (Å²) in [5, 5.41) is 34.8. The molecule has 2 aromatic carbocycles. The van der Waals surface area contributed by atoms with E-state index in [1.165, 1.54) is 11.3 Å². The minimum Gasteiger partial charge on any atom is -0.475 e. The zero-order valence-corrected chi connectivity index (χ0v) is 19.5. The van der Waals surface area contributed by atoms with Gasteiger partial charge in [-0.2, -0.15) is 18.3 Å². The molecule has 3 heterocycles. The molecule has 0 saturated heterocycles. The number of amides is 1. The fourth-order valence-corrected chi connectivity index (χ4v) is 3.69. The van der Waals surface area contributed by atoms with Crippen molar-refractivity contribution < 1.29 is 32.4 Å². The van der Waals surface area contributed by atoms with Crippen molar-refractivity contribution in [3.8, 4) is 10.6 Å². The summed E-state index contributed by atoms with van der Waals surface area (Å²) in [7, 11) is 0. The molecular formula is C22H16F3N7O4S. The first kappa shape index (κ1) is 25.3. The number of halogens is 3. The lowest BCUT2D eigenvalue weighted by atomic mass is 10.2. The van der Waals surface area contributed by atoms with Crippen LogP contribution in [-0.4, -0.2) is 48.7 Å². The third-order valence-electron chi connectivity index (χ3n) is 4.59. The predicted octanol–water partition coefficient (Wildman–Crippen LogP) is 5.01. The summed E-state index contributed by atoms with van der Waals surface area (Å²) in [5.41, 5.74) is 3.58. The molecular weight excluding hydrogens is 515 g/mol. The predicted molar refractivity (Wildman–Crippen MR) is 128 cm³/mol. The van der Waals surface area contributed by atoms with Crippen LogP contribution < -0.4 is 10.6 Å². The van der Waals surface area contributed by atoms with E-state index >= 15 is 0 Å². The molecule has 5 rings (SSSR count). The summed E-state index contributed by atoms with van der Waals surface area (Å²) in [6.07, 6.45) is -3.31. The zero-order chi connectivity index (χ0) is 26.6. The molecule has 15 heteroatoms. The minimum absolute atomic E-state index is 0.231. The van der Waals surface area contributed by atoms with Crippen molar-refractivity contribution in [1.82, 2.24) is 25.6 Å². The number of carboxylic acid groups (broad SMARTS) is 1. The van der Waals surface area contributed by atoms with Gasteiger partial charge in [-0.25, -0.2) is 4.79 Å². The second kappa shape index (κ2) is 10.4. The van der Waals surface area contributed by atoms with Crippen LogP contribution in [0.15, 0.2) is 59.3 Å². The highest BCUT2D eigenvalue weighted by molar-refractivity contribution is 7.18. The molecule has 3 aromatic heterocycles. The Labute approximate surface area is 209 Å². The van der Waals surface area contributed by atoms with E-state index in [4.69, 9.17) is 14.4 Å². The Balaban J connectivity index is 0.000000405. The number of aliphatic carboxylic acids is 1. The van der Waals surface area contributed by atoms with E-state index in [0.29, 0.717) is 16.6 Å². The standard InChI is InChI=1S/C20H15N7O2S.C2HF3O2/c1-11-7-17(27-29-11)18(28)22-14-4-2-3-12(8-14)19-25-26-20(30-19)23-15-5-6-16-13(9-15)10-21-24-16;3-2(4,5)1(6)7/h2-10H,1H3,(H,21,24)(H,22,28)(H,23,26);(H,6,7). The number of benzene rings is 2. The molecule has 190 valence electrons. The van der Waals surface area contributed by atoms with Crippen LogP contribution in [0.1, 0.15) is 16.2 Å². The van der Waals surface area contributed by atoms with E-state index in [1.807, 2.05) is 36.4 Å². The number of carbonyl (C=O) groups is 2. The molecule has 1 amide bonds. The van der Waals surface area contributed by atoms with E-state index in [1.54, 1.807) is 25.3 Å². The third kappa shape index (κ3) is 6.46. The first-order chi connectivity index (χ1) is 17.6. The molecule has 0 unspecified atom stereocenters. The van der Waals surface area contributed by atoms with Crippen LogP contribution in [0.5, 0.6) is 0 Å². The second-order valence-electron chi connectivity index (χ2n) is 7.37. The monoisotopic (exact) mass is 531 g/mol. The number of hydrogen-bond donors (Lipinski definition) is 4. The molecule has 0 aliphatic heterocycles. The Hall–Kier alpha value is -4.79. The second-order valence-corrected chi connectivity index (χ2v) is 8.35. The fraction of sp³-hybridized carbons (Fsp3) is 0.0909. The number of aryl methyl sites for hydroxylation is 1. The van der Waals surface area contributed by atoms with Crippen LogP contribution in [0.2, 0.25) is 0 Å². The molecule has 0 radical (unpaired) electrons. The molecule has 0 aliphatic rings. The average molecular weight is 531 g/mol. The van der Waals surface area contributed by atoms with Crippen molar-refractivity contribution in [2.45, 2.75) is 13.1 Å². The highest BCUT2D eigenvalue weighted by atomic mass is 32.1. The summed E-state index contributed by atoms with van der Waals surface area (Å²) in [6.45, 7) is 1.73. The van der Waals surface area contributed by atoms with Gasteiger partial charge in [0.25, 0.3) is 5.91 Å². The molecule has 37 heavy (non-hydrogen) atoms. The number of aromatic amines is 1. The lowest BCUT2D eigenvalue weighted by Gasteiger charge is -2.04. The van der Waals surface area contributed by atoms with Crippen LogP contribution in [0, 0.1) is 6.92 Å². The van der Waals surface area contributed by atoms with E-state index in [0.717, 1.165) is 27.2 Å². The Morgan fingerprint density at radius 2 is 1.86 bits per heavy atom. The van der Waals surface area contributed by atoms with Crippen molar-refractivity contribution in [3.63, 3.8) is 0 Å². The summed E-state index contributed by atoms with van der Waals surface area (Å²) < 4.78 is 36.7. The van der Waals surface area contributed by atoms with Gasteiger partial charge in [0, 0.05) is 28.4 Å². The maximum atomic E-state index is 12.3. The highest BCUT2D eigenvalue weighted by Crippen LogP contribution is 2.30. The number of hydrogen-bond acceptors (Lipinski definition) is 9. The lowest BCUT2D eigenvalue weighted by Crippen LogP contribution is -2.21. The number of aromatic nitrogens is 5. The smallest absolute Gasteiger partial charge is 0.475 e. The largest absolute Gasteiger partial charge is 0.490 e. The summed E-state index contributed by atoms with van der Waals surface area (Å²) in [4.78, 5) is 21.2. The average Bonchev–Trinajstić information content (AvgIpc) is 3.60. The number of H-pyrrole nitrogens is 1. The van der Waals surface area contributed by atoms with Gasteiger partial charge in [0.2, 0.25) is 5.13 Å². The molecule has 0 atom stereocenters. The number of rotatable bonds is 5. The highest BCUT2D eigenvalue weighted by Gasteiger charge is 2.38. The number of fused-ring (bicyclic) bond motifs is 1. The quantitative estimate of drug-likeness (QED) is 0.245. The number of alkyl halides is 3. The van der Waals surface area contributed by atoms with Crippen LogP contribution in [0.25, 0.3) is 21.5 Å². The number of nitrogens with zero attached hydrogens (tertiary/aromatic N) is 4. The van der Waals surface area contributed by atoms with Crippen LogP contribution in [-0.2, 0) is 4.79 Å². The number of nitrogens with one attached hydrogen (secondary N) is 3. The third-order valence-corrected chi connectivity index (χ3v) is 5.47. The van der Waals surface area contributed by atoms with Crippen molar-refractivity contribution in [2.75, 3.05) is 10.6 Å². The molecule has 0 aliphatic carbocycles. The fourth-order valence-electron chi connectivity index (χ4n) is 2.93. The van der Waals surface area contributed by atoms with Crippen molar-refractivity contribution in [1.29, 1.82) is 0 Å². The Kier molecular flexibility index (Phi) is 7.15. The molecule has 5 aromatic rings. The van der Waals surface area contributed by atoms with Gasteiger partial charge in [0.05, 0.1) is 11.7 Å². The van der Waals surface area contributed by atoms with E-state index in [2.05, 4.69) is 36.2 Å². The Morgan fingerprint density at radius 3 is 2.57 bits per heavy atom. The molecule has 4 N–H and O–H groups in total. The normalized spacial score (nSPS) is 11.0. The number of carbonyl (C=O) groups excluding carboxylic acids is 1. The van der Waals surface area contributed by atoms with Crippen molar-refractivity contribution in [2.24, 2.45) is 0 Å². The van der Waals surface area contributed by atoms with Crippen LogP contribution in [0.3, 0.4) is 0 Å². The van der Waals surface area contributed by atoms with Crippen LogP contribution >= 0.6 is 11.3 Å². The number of carboxylic acids is 1. The maximum absolute atomic E-state index is 12.3. The summed E-state index contributed by atoms with van der Waals surface area (Å²) in [6, 6.07) is 14.9. The summed E-state index contributed by atoms with van der Waals surface area (Å²) in [5.74, 6) is -2.51. The maximum Gasteiger partial charge on any atom is 0.490 e. The van der Waals surface area contributed by atoms with Gasteiger partial charge in [0.1, 0.15) is 10.8 Å². The topological polar surface area (TPSA) is 159 Å². The Morgan fingerprint density at radius 1 is 1.08 bits per heavy atom. The van der Waals surface area contributed by atoms with E-state index < -0.39 is 12.1 Å². The van der Waals surface area contributed by atoms with Gasteiger partial charge < -0.3 is 20.3 Å². The minimum atomic E-state index is -5.08. The molecule has 0 spiro atoms. The van der Waals surface area contributed by atoms with Gasteiger partial charge >= 0.3 is 12.1 Å². The van der Waals surface area contributed by atoms with Gasteiger partial charge in [-0.05, 0) is 37.3 Å². The van der Waals surface area contributed by atoms with Gasteiger partial charge in [-0.3, -0.25) is 9.89 Å². The summed E-state index contributed by atoms with van der Waals surface area (Å²) >= 11 is 1.42. The molecule has 11 nitrogen and oxygen atoms in total. The molecule has 0 bridgehead atoms. The SMILES string of the molecule is Cc1cc(C(=O)Nc2cccc(-c3nnc(Nc4ccc5[nH]ncc5c4)s3)c2)no1.O=C(O)C(F)(F)F. The lowest BCUT2D eigenvalue weighted by molar-refractivity contribution is -0.192. The molecule has 0 fully saturated rings. The van der Waals surface area contributed by atoms with Gasteiger partial charge in [-0.1, -0.05) is 28.6 Å². The van der Waals surface area contributed by atoms with E-state index in [-0.39, 0.29) is 11.6 Å². The first-order valence-corrected chi connectivity index (χ1v) is 11.1. The molecule has 0 saturated carbocycles. The van der Waals surface area contributed by atoms with Crippen molar-refractivity contribution in [3.05, 3.63) is 66.2 Å². The van der Waals surface area contributed by atoms with Crippen molar-refractivity contribution >= 4 is 50.6 Å². The van der Waals surface area contributed by atoms with E-state index in [9.17, 15) is 18.0 Å². The van der Waals surface area contributed by atoms with Gasteiger partial charge in [0.15, 0.2) is 5.69 Å².